The summed E-state index contributed by atoms with van der Waals surface area (Å²) in [5.74, 6) is 0. The molecule has 342 valence electrons. The van der Waals surface area contributed by atoms with E-state index in [1.165, 1.54) is 87.4 Å². The van der Waals surface area contributed by atoms with Crippen molar-refractivity contribution in [1.29, 1.82) is 0 Å². The number of aromatic nitrogens is 2. The zero-order valence-electron chi connectivity index (χ0n) is 39.8. The Bertz CT molecular complexity index is 4910. The highest BCUT2D eigenvalue weighted by Crippen LogP contribution is 2.47. The van der Waals surface area contributed by atoms with E-state index in [-0.39, 0.29) is 0 Å². The molecule has 0 spiro atoms. The van der Waals surface area contributed by atoms with Gasteiger partial charge in [-0.15, -0.1) is 0 Å². The van der Waals surface area contributed by atoms with Crippen molar-refractivity contribution in [3.05, 3.63) is 243 Å². The van der Waals surface area contributed by atoms with Gasteiger partial charge in [-0.2, -0.15) is 0 Å². The summed E-state index contributed by atoms with van der Waals surface area (Å²) >= 11 is 0. The third-order valence-corrected chi connectivity index (χ3v) is 16.0. The number of furan rings is 2. The monoisotopic (exact) mass is 940 g/mol. The van der Waals surface area contributed by atoms with E-state index in [0.717, 1.165) is 76.8 Å². The molecule has 74 heavy (non-hydrogen) atoms. The molecule has 4 heterocycles. The fourth-order valence-electron chi connectivity index (χ4n) is 12.7. The molecule has 0 fully saturated rings. The first-order chi connectivity index (χ1) is 36.7. The van der Waals surface area contributed by atoms with Crippen molar-refractivity contribution in [2.24, 2.45) is 0 Å². The zero-order chi connectivity index (χ0) is 48.2. The lowest BCUT2D eigenvalue weighted by atomic mass is 9.87. The van der Waals surface area contributed by atoms with Gasteiger partial charge in [0.1, 0.15) is 22.3 Å². The van der Waals surface area contributed by atoms with Crippen molar-refractivity contribution >= 4 is 131 Å². The molecule has 0 saturated carbocycles. The molecule has 17 rings (SSSR count). The topological polar surface area (TPSA) is 36.1 Å². The van der Waals surface area contributed by atoms with Crippen LogP contribution in [0.3, 0.4) is 0 Å². The van der Waals surface area contributed by atoms with E-state index in [9.17, 15) is 0 Å². The predicted molar refractivity (Wildman–Crippen MR) is 311 cm³/mol. The van der Waals surface area contributed by atoms with Crippen LogP contribution < -0.4 is 0 Å². The molecule has 4 aromatic heterocycles. The van der Waals surface area contributed by atoms with Crippen LogP contribution in [0.25, 0.3) is 164 Å². The van der Waals surface area contributed by atoms with Gasteiger partial charge in [0.25, 0.3) is 0 Å². The van der Waals surface area contributed by atoms with Crippen molar-refractivity contribution in [2.45, 2.75) is 0 Å². The largest absolute Gasteiger partial charge is 0.456 e. The quantitative estimate of drug-likeness (QED) is 0.130. The Morgan fingerprint density at radius 1 is 0.216 bits per heavy atom. The fraction of sp³-hybridized carbons (Fsp3) is 0. The van der Waals surface area contributed by atoms with Crippen LogP contribution in [-0.4, -0.2) is 9.13 Å². The molecule has 0 saturated heterocycles. The highest BCUT2D eigenvalue weighted by atomic mass is 16.3. The molecule has 0 aliphatic heterocycles. The van der Waals surface area contributed by atoms with Gasteiger partial charge in [0.2, 0.25) is 0 Å². The van der Waals surface area contributed by atoms with Crippen LogP contribution in [0.15, 0.2) is 251 Å². The van der Waals surface area contributed by atoms with E-state index in [2.05, 4.69) is 252 Å². The summed E-state index contributed by atoms with van der Waals surface area (Å²) in [5.41, 5.74) is 15.3. The van der Waals surface area contributed by atoms with Crippen LogP contribution >= 0.6 is 0 Å². The molecular weight excluding hydrogens is 901 g/mol. The summed E-state index contributed by atoms with van der Waals surface area (Å²) in [4.78, 5) is 0. The predicted octanol–water partition coefficient (Wildman–Crippen LogP) is 19.6. The van der Waals surface area contributed by atoms with Crippen LogP contribution in [0.1, 0.15) is 0 Å². The van der Waals surface area contributed by atoms with E-state index in [1.54, 1.807) is 0 Å². The molecule has 13 aromatic carbocycles. The number of nitrogens with zero attached hydrogens (tertiary/aromatic N) is 2. The minimum atomic E-state index is 0.882. The number of hydrogen-bond acceptors (Lipinski definition) is 2. The van der Waals surface area contributed by atoms with Gasteiger partial charge in [-0.05, 0) is 187 Å². The smallest absolute Gasteiger partial charge is 0.136 e. The first-order valence-electron chi connectivity index (χ1n) is 25.4. The SMILES string of the molecule is c1ccc(-n2c3ccccc3c3cc(-c4cc5cc6c(cc(-c7ccc8c(c7)c7ccccc7n8-c7ccccc7)c7cc8c(cc76)oc6ccccc68)cc5c5cc6oc7ccccc7c6cc45)ccc32)cc1. The number of benzene rings is 13. The van der Waals surface area contributed by atoms with Crippen molar-refractivity contribution in [1.82, 2.24) is 9.13 Å². The lowest BCUT2D eigenvalue weighted by Gasteiger charge is -2.16. The van der Waals surface area contributed by atoms with Crippen LogP contribution in [0.2, 0.25) is 0 Å². The normalized spacial score (nSPS) is 12.3. The Labute approximate surface area is 422 Å². The van der Waals surface area contributed by atoms with Gasteiger partial charge in [0, 0.05) is 54.5 Å². The Kier molecular flexibility index (Phi) is 7.97. The van der Waals surface area contributed by atoms with Gasteiger partial charge >= 0.3 is 0 Å². The zero-order valence-corrected chi connectivity index (χ0v) is 39.8. The summed E-state index contributed by atoms with van der Waals surface area (Å²) in [7, 11) is 0. The molecule has 0 bridgehead atoms. The average molecular weight is 941 g/mol. The number of rotatable bonds is 4. The van der Waals surface area contributed by atoms with Crippen molar-refractivity contribution < 1.29 is 8.83 Å². The fourth-order valence-corrected chi connectivity index (χ4v) is 12.7. The summed E-state index contributed by atoms with van der Waals surface area (Å²) < 4.78 is 18.1. The highest BCUT2D eigenvalue weighted by Gasteiger charge is 2.21. The van der Waals surface area contributed by atoms with Gasteiger partial charge in [0.15, 0.2) is 0 Å². The third-order valence-electron chi connectivity index (χ3n) is 16.0. The summed E-state index contributed by atoms with van der Waals surface area (Å²) in [6, 6.07) is 88.9. The molecule has 4 nitrogen and oxygen atoms in total. The molecule has 0 amide bonds. The average Bonchev–Trinajstić information content (AvgIpc) is 4.21. The Hall–Kier alpha value is -9.90. The molecule has 0 unspecified atom stereocenters. The van der Waals surface area contributed by atoms with Gasteiger partial charge in [0.05, 0.1) is 22.1 Å². The molecule has 0 N–H and O–H groups in total. The van der Waals surface area contributed by atoms with Crippen LogP contribution in [-0.2, 0) is 0 Å². The van der Waals surface area contributed by atoms with Crippen LogP contribution in [0.4, 0.5) is 0 Å². The summed E-state index contributed by atoms with van der Waals surface area (Å²) in [6.45, 7) is 0. The van der Waals surface area contributed by atoms with Gasteiger partial charge in [-0.1, -0.05) is 121 Å². The number of hydrogen-bond donors (Lipinski definition) is 0. The summed E-state index contributed by atoms with van der Waals surface area (Å²) in [5, 5.41) is 18.7. The molecule has 0 radical (unpaired) electrons. The lowest BCUT2D eigenvalue weighted by molar-refractivity contribution is 0.669. The number of para-hydroxylation sites is 6. The Balaban J connectivity index is 0.966. The molecule has 0 aliphatic rings. The van der Waals surface area contributed by atoms with Gasteiger partial charge in [-0.3, -0.25) is 0 Å². The van der Waals surface area contributed by atoms with Crippen molar-refractivity contribution in [3.63, 3.8) is 0 Å². The van der Waals surface area contributed by atoms with E-state index in [4.69, 9.17) is 8.83 Å². The maximum atomic E-state index is 6.67. The summed E-state index contributed by atoms with van der Waals surface area (Å²) in [6.07, 6.45) is 0. The minimum absolute atomic E-state index is 0.882. The van der Waals surface area contributed by atoms with E-state index in [1.807, 2.05) is 0 Å². The Morgan fingerprint density at radius 2 is 0.608 bits per heavy atom. The van der Waals surface area contributed by atoms with Crippen molar-refractivity contribution in [2.75, 3.05) is 0 Å². The van der Waals surface area contributed by atoms with E-state index in [0.29, 0.717) is 0 Å². The van der Waals surface area contributed by atoms with Crippen molar-refractivity contribution in [3.8, 4) is 33.6 Å². The maximum Gasteiger partial charge on any atom is 0.136 e. The first-order valence-corrected chi connectivity index (χ1v) is 25.4. The highest BCUT2D eigenvalue weighted by molar-refractivity contribution is 6.27. The second-order valence-corrected chi connectivity index (χ2v) is 20.0. The molecule has 0 atom stereocenters. The third kappa shape index (κ3) is 5.57. The van der Waals surface area contributed by atoms with E-state index < -0.39 is 0 Å². The molecular formula is C70H40N2O2. The van der Waals surface area contributed by atoms with Gasteiger partial charge < -0.3 is 18.0 Å². The van der Waals surface area contributed by atoms with Gasteiger partial charge in [-0.25, -0.2) is 0 Å². The second kappa shape index (κ2) is 14.8. The maximum absolute atomic E-state index is 6.67. The van der Waals surface area contributed by atoms with E-state index >= 15 is 0 Å². The molecule has 17 aromatic rings. The second-order valence-electron chi connectivity index (χ2n) is 20.0. The lowest BCUT2D eigenvalue weighted by Crippen LogP contribution is -1.93. The molecule has 4 heteroatoms. The van der Waals surface area contributed by atoms with Crippen LogP contribution in [0, 0.1) is 0 Å². The Morgan fingerprint density at radius 3 is 1.07 bits per heavy atom. The minimum Gasteiger partial charge on any atom is -0.456 e. The van der Waals surface area contributed by atoms with Crippen LogP contribution in [0.5, 0.6) is 0 Å². The first kappa shape index (κ1) is 39.8. The number of fused-ring (bicyclic) bond motifs is 18. The molecule has 0 aliphatic carbocycles. The standard InChI is InChI=1S/C70H40N2O2/c1-3-15-45(16-4-1)71-63-23-11-7-19-47(63)59-31-41(27-29-65(59)71)51-33-43-35-54-44(36-53(43)57-39-69-61(37-55(51)57)49-21-9-13-25-67(49)73-69)34-52(56-38-62-50-22-10-14-26-68(50)74-70(62)40-58(54)56)42-28-30-66-60(32-42)48-20-8-12-24-64(48)72(66)46-17-5-2-6-18-46/h1-40H.